The summed E-state index contributed by atoms with van der Waals surface area (Å²) in [4.78, 5) is 25.5. The zero-order valence-corrected chi connectivity index (χ0v) is 11.5. The van der Waals surface area contributed by atoms with Crippen molar-refractivity contribution in [2.24, 2.45) is 5.73 Å². The van der Waals surface area contributed by atoms with Gasteiger partial charge < -0.3 is 15.7 Å². The third kappa shape index (κ3) is 2.36. The minimum Gasteiger partial charge on any atom is -0.479 e. The average Bonchev–Trinajstić information content (AvgIpc) is 2.73. The number of nitrogens with zero attached hydrogens (tertiary/aromatic N) is 1. The Morgan fingerprint density at radius 2 is 2.06 bits per heavy atom. The van der Waals surface area contributed by atoms with Gasteiger partial charge in [0.25, 0.3) is 0 Å². The molecule has 2 atom stereocenters. The van der Waals surface area contributed by atoms with Crippen LogP contribution in [0, 0.1) is 0 Å². The van der Waals surface area contributed by atoms with Crippen LogP contribution in [0.25, 0.3) is 0 Å². The predicted octanol–water partition coefficient (Wildman–Crippen LogP) is 1.36. The summed E-state index contributed by atoms with van der Waals surface area (Å²) < 4.78 is 0. The van der Waals surface area contributed by atoms with Crippen LogP contribution in [0.15, 0.2) is 0 Å². The second-order valence-corrected chi connectivity index (χ2v) is 5.42. The van der Waals surface area contributed by atoms with E-state index in [1.165, 1.54) is 4.90 Å². The number of carbonyl (C=O) groups is 2. The third-order valence-electron chi connectivity index (χ3n) is 4.02. The van der Waals surface area contributed by atoms with Crippen LogP contribution in [0.4, 0.5) is 0 Å². The highest BCUT2D eigenvalue weighted by molar-refractivity contribution is 5.92. The van der Waals surface area contributed by atoms with Crippen molar-refractivity contribution in [1.82, 2.24) is 4.90 Å². The Hall–Kier alpha value is -1.10. The molecule has 0 bridgehead atoms. The number of rotatable bonds is 5. The van der Waals surface area contributed by atoms with Crippen molar-refractivity contribution in [3.63, 3.8) is 0 Å². The van der Waals surface area contributed by atoms with Gasteiger partial charge in [0.05, 0.1) is 5.54 Å². The Morgan fingerprint density at radius 1 is 1.44 bits per heavy atom. The summed E-state index contributed by atoms with van der Waals surface area (Å²) in [5, 5.41) is 9.52. The Bertz CT molecular complexity index is 341. The van der Waals surface area contributed by atoms with Crippen LogP contribution in [-0.2, 0) is 9.59 Å². The monoisotopic (exact) mass is 256 g/mol. The van der Waals surface area contributed by atoms with Crippen molar-refractivity contribution in [2.45, 2.75) is 64.0 Å². The van der Waals surface area contributed by atoms with Crippen molar-refractivity contribution in [2.75, 3.05) is 6.54 Å². The topological polar surface area (TPSA) is 83.6 Å². The number of hydrogen-bond donors (Lipinski definition) is 2. The van der Waals surface area contributed by atoms with Crippen LogP contribution in [0.2, 0.25) is 0 Å². The molecule has 0 aliphatic carbocycles. The van der Waals surface area contributed by atoms with Gasteiger partial charge in [-0.3, -0.25) is 4.79 Å². The van der Waals surface area contributed by atoms with Crippen LogP contribution < -0.4 is 5.73 Å². The highest BCUT2D eigenvalue weighted by Crippen LogP contribution is 2.35. The van der Waals surface area contributed by atoms with E-state index in [-0.39, 0.29) is 5.91 Å². The van der Waals surface area contributed by atoms with Gasteiger partial charge in [-0.15, -0.1) is 0 Å². The van der Waals surface area contributed by atoms with Crippen LogP contribution in [-0.4, -0.2) is 39.5 Å². The molecule has 3 N–H and O–H groups in total. The highest BCUT2D eigenvalue weighted by Gasteiger charge is 2.51. The normalized spacial score (nSPS) is 27.0. The number of aliphatic carboxylic acids is 1. The first-order valence-electron chi connectivity index (χ1n) is 6.66. The molecule has 18 heavy (non-hydrogen) atoms. The number of likely N-dealkylation sites (tertiary alicyclic amines) is 1. The molecule has 1 aliphatic heterocycles. The number of carboxylic acid groups (broad SMARTS) is 1. The van der Waals surface area contributed by atoms with Gasteiger partial charge in [-0.1, -0.05) is 20.3 Å². The zero-order chi connectivity index (χ0) is 14.0. The Morgan fingerprint density at radius 3 is 2.50 bits per heavy atom. The van der Waals surface area contributed by atoms with E-state index in [1.807, 2.05) is 13.8 Å². The van der Waals surface area contributed by atoms with E-state index in [0.29, 0.717) is 25.8 Å². The zero-order valence-electron chi connectivity index (χ0n) is 11.5. The second kappa shape index (κ2) is 5.26. The summed E-state index contributed by atoms with van der Waals surface area (Å²) >= 11 is 0. The maximum Gasteiger partial charge on any atom is 0.329 e. The Kier molecular flexibility index (Phi) is 4.37. The van der Waals surface area contributed by atoms with Gasteiger partial charge >= 0.3 is 5.97 Å². The van der Waals surface area contributed by atoms with Gasteiger partial charge in [-0.2, -0.15) is 0 Å². The molecule has 5 nitrogen and oxygen atoms in total. The molecule has 1 amide bonds. The molecule has 1 rings (SSSR count). The number of hydrogen-bond acceptors (Lipinski definition) is 3. The predicted molar refractivity (Wildman–Crippen MR) is 69.1 cm³/mol. The average molecular weight is 256 g/mol. The molecule has 1 heterocycles. The van der Waals surface area contributed by atoms with Crippen molar-refractivity contribution in [1.29, 1.82) is 0 Å². The van der Waals surface area contributed by atoms with Gasteiger partial charge in [0.1, 0.15) is 5.54 Å². The molecule has 0 aromatic rings. The van der Waals surface area contributed by atoms with E-state index in [9.17, 15) is 14.7 Å². The molecule has 2 unspecified atom stereocenters. The number of carbonyl (C=O) groups excluding carboxylic acids is 1. The van der Waals surface area contributed by atoms with Gasteiger partial charge in [-0.25, -0.2) is 4.79 Å². The van der Waals surface area contributed by atoms with Crippen molar-refractivity contribution < 1.29 is 14.7 Å². The van der Waals surface area contributed by atoms with Gasteiger partial charge in [0.15, 0.2) is 0 Å². The number of carboxylic acids is 1. The minimum atomic E-state index is -1.04. The smallest absolute Gasteiger partial charge is 0.329 e. The molecule has 1 aliphatic rings. The van der Waals surface area contributed by atoms with Gasteiger partial charge in [0, 0.05) is 6.54 Å². The van der Waals surface area contributed by atoms with Gasteiger partial charge in [-0.05, 0) is 32.6 Å². The Balaban J connectivity index is 3.06. The first-order chi connectivity index (χ1) is 8.31. The molecule has 0 spiro atoms. The maximum absolute atomic E-state index is 12.4. The number of amides is 1. The second-order valence-electron chi connectivity index (χ2n) is 5.42. The van der Waals surface area contributed by atoms with E-state index in [1.54, 1.807) is 6.92 Å². The molecule has 0 aromatic carbocycles. The summed E-state index contributed by atoms with van der Waals surface area (Å²) in [7, 11) is 0. The third-order valence-corrected chi connectivity index (χ3v) is 4.02. The molecular weight excluding hydrogens is 232 g/mol. The summed E-state index contributed by atoms with van der Waals surface area (Å²) in [6.45, 7) is 5.95. The first-order valence-corrected chi connectivity index (χ1v) is 6.66. The summed E-state index contributed by atoms with van der Waals surface area (Å²) in [5.41, 5.74) is 3.96. The molecule has 0 saturated carbocycles. The summed E-state index contributed by atoms with van der Waals surface area (Å²) in [5.74, 6) is -1.14. The minimum absolute atomic E-state index is 0.238. The van der Waals surface area contributed by atoms with Gasteiger partial charge in [0.2, 0.25) is 5.91 Å². The fourth-order valence-electron chi connectivity index (χ4n) is 2.64. The van der Waals surface area contributed by atoms with E-state index in [0.717, 1.165) is 12.8 Å². The Labute approximate surface area is 108 Å². The van der Waals surface area contributed by atoms with Crippen LogP contribution in [0.5, 0.6) is 0 Å². The molecule has 0 aromatic heterocycles. The lowest BCUT2D eigenvalue weighted by Gasteiger charge is -2.38. The van der Waals surface area contributed by atoms with Crippen molar-refractivity contribution >= 4 is 11.9 Å². The quantitative estimate of drug-likeness (QED) is 0.778. The molecule has 1 saturated heterocycles. The summed E-state index contributed by atoms with van der Waals surface area (Å²) in [6, 6.07) is 0. The molecule has 1 fully saturated rings. The standard InChI is InChI=1S/C13H24N2O3/c1-4-7-13(11(17)18)8-6-9-15(13)10(16)12(3,14)5-2/h4-9,14H2,1-3H3,(H,17,18). The molecular formula is C13H24N2O3. The van der Waals surface area contributed by atoms with E-state index >= 15 is 0 Å². The lowest BCUT2D eigenvalue weighted by atomic mass is 9.88. The van der Waals surface area contributed by atoms with E-state index in [2.05, 4.69) is 0 Å². The maximum atomic E-state index is 12.4. The van der Waals surface area contributed by atoms with Crippen LogP contribution >= 0.6 is 0 Å². The summed E-state index contributed by atoms with van der Waals surface area (Å²) in [6.07, 6.45) is 3.00. The lowest BCUT2D eigenvalue weighted by molar-refractivity contribution is -0.159. The lowest BCUT2D eigenvalue weighted by Crippen LogP contribution is -2.61. The fraction of sp³-hybridized carbons (Fsp3) is 0.846. The highest BCUT2D eigenvalue weighted by atomic mass is 16.4. The van der Waals surface area contributed by atoms with Crippen LogP contribution in [0.3, 0.4) is 0 Å². The van der Waals surface area contributed by atoms with Crippen molar-refractivity contribution in [3.8, 4) is 0 Å². The molecule has 0 radical (unpaired) electrons. The molecule has 5 heteroatoms. The van der Waals surface area contributed by atoms with E-state index in [4.69, 9.17) is 5.73 Å². The SMILES string of the molecule is CCCC1(C(=O)O)CCCN1C(=O)C(C)(N)CC. The van der Waals surface area contributed by atoms with E-state index < -0.39 is 17.0 Å². The largest absolute Gasteiger partial charge is 0.479 e. The number of nitrogens with two attached hydrogens (primary N) is 1. The fourth-order valence-corrected chi connectivity index (χ4v) is 2.64. The van der Waals surface area contributed by atoms with Crippen LogP contribution in [0.1, 0.15) is 52.9 Å². The van der Waals surface area contributed by atoms with Crippen molar-refractivity contribution in [3.05, 3.63) is 0 Å². The first kappa shape index (κ1) is 15.0. The molecule has 104 valence electrons.